The number of anilines is 1. The Morgan fingerprint density at radius 1 is 1.06 bits per heavy atom. The Hall–Kier alpha value is -2.81. The van der Waals surface area contributed by atoms with E-state index in [-0.39, 0.29) is 5.76 Å². The van der Waals surface area contributed by atoms with Gasteiger partial charge in [0.2, 0.25) is 5.76 Å². The van der Waals surface area contributed by atoms with Gasteiger partial charge in [-0.2, -0.15) is 13.2 Å². The van der Waals surface area contributed by atoms with Crippen LogP contribution in [0.5, 0.6) is 0 Å². The summed E-state index contributed by atoms with van der Waals surface area (Å²) in [6.45, 7) is 2.33. The minimum absolute atomic E-state index is 0.0670. The van der Waals surface area contributed by atoms with E-state index in [1.165, 1.54) is 24.3 Å². The van der Waals surface area contributed by atoms with Crippen LogP contribution in [0.3, 0.4) is 0 Å². The summed E-state index contributed by atoms with van der Waals surface area (Å²) in [7, 11) is 4.36. The molecule has 1 amide bonds. The Kier molecular flexibility index (Phi) is 7.26. The number of nitrogens with one attached hydrogen (secondary N) is 1. The van der Waals surface area contributed by atoms with Gasteiger partial charge in [-0.05, 0) is 42.5 Å². The summed E-state index contributed by atoms with van der Waals surface area (Å²) in [6, 6.07) is 14.9. The molecule has 35 heavy (non-hydrogen) atoms. The molecule has 0 bridgehead atoms. The molecule has 1 fully saturated rings. The van der Waals surface area contributed by atoms with Crippen LogP contribution in [0, 0.1) is 0 Å². The molecule has 0 spiro atoms. The first-order chi connectivity index (χ1) is 16.5. The highest BCUT2D eigenvalue weighted by atomic mass is 35.5. The van der Waals surface area contributed by atoms with Crippen molar-refractivity contribution in [3.63, 3.8) is 0 Å². The molecule has 0 aliphatic carbocycles. The molecular formula is C26H27ClF3N2O3+. The molecule has 1 aliphatic heterocycles. The topological polar surface area (TPSA) is 51.5 Å². The van der Waals surface area contributed by atoms with Gasteiger partial charge in [-0.25, -0.2) is 0 Å². The molecule has 4 rings (SSSR count). The van der Waals surface area contributed by atoms with Gasteiger partial charge < -0.3 is 19.0 Å². The standard InChI is InChI=1S/C26H26ClF3N2O3/c1-32(2,21-11-13-34-14-12-21)16-17-3-9-20(10-4-17)31-25(33)22-15-23(35-24(22)26(28,29)30)18-5-7-19(27)8-6-18/h3-10,15,21H,11-14,16H2,1-2H3/p+1. The van der Waals surface area contributed by atoms with Crippen LogP contribution in [0.2, 0.25) is 5.02 Å². The zero-order valence-corrected chi connectivity index (χ0v) is 20.2. The van der Waals surface area contributed by atoms with Gasteiger partial charge in [0.15, 0.2) is 0 Å². The third-order valence-electron chi connectivity index (χ3n) is 6.34. The average molecular weight is 508 g/mol. The van der Waals surface area contributed by atoms with Crippen LogP contribution in [-0.4, -0.2) is 43.7 Å². The monoisotopic (exact) mass is 507 g/mol. The third kappa shape index (κ3) is 6.07. The van der Waals surface area contributed by atoms with Crippen LogP contribution in [-0.2, 0) is 17.5 Å². The highest BCUT2D eigenvalue weighted by molar-refractivity contribution is 6.30. The lowest BCUT2D eigenvalue weighted by Crippen LogP contribution is -2.50. The molecule has 0 unspecified atom stereocenters. The second kappa shape index (κ2) is 10.0. The molecule has 1 aromatic heterocycles. The van der Waals surface area contributed by atoms with Crippen molar-refractivity contribution < 1.29 is 31.6 Å². The zero-order valence-electron chi connectivity index (χ0n) is 19.5. The summed E-state index contributed by atoms with van der Waals surface area (Å²) < 4.78 is 52.1. The number of rotatable bonds is 6. The molecule has 5 nitrogen and oxygen atoms in total. The van der Waals surface area contributed by atoms with Crippen LogP contribution in [0.4, 0.5) is 18.9 Å². The number of quaternary nitrogens is 1. The number of benzene rings is 2. The van der Waals surface area contributed by atoms with Crippen molar-refractivity contribution in [2.45, 2.75) is 31.6 Å². The number of carbonyl (C=O) groups excluding carboxylic acids is 1. The van der Waals surface area contributed by atoms with Crippen LogP contribution < -0.4 is 5.32 Å². The van der Waals surface area contributed by atoms with Gasteiger partial charge in [0.25, 0.3) is 5.91 Å². The molecular weight excluding hydrogens is 481 g/mol. The quantitative estimate of drug-likeness (QED) is 0.381. The molecule has 2 aromatic carbocycles. The Balaban J connectivity index is 1.49. The van der Waals surface area contributed by atoms with Crippen molar-refractivity contribution in [1.29, 1.82) is 0 Å². The van der Waals surface area contributed by atoms with E-state index in [9.17, 15) is 18.0 Å². The molecule has 186 valence electrons. The van der Waals surface area contributed by atoms with E-state index in [4.69, 9.17) is 20.8 Å². The van der Waals surface area contributed by atoms with Crippen molar-refractivity contribution in [2.75, 3.05) is 32.6 Å². The number of ether oxygens (including phenoxy) is 1. The number of hydrogen-bond acceptors (Lipinski definition) is 3. The maximum absolute atomic E-state index is 13.6. The minimum atomic E-state index is -4.82. The highest BCUT2D eigenvalue weighted by Gasteiger charge is 2.40. The number of amides is 1. The van der Waals surface area contributed by atoms with E-state index in [0.29, 0.717) is 22.3 Å². The molecule has 3 aromatic rings. The van der Waals surface area contributed by atoms with Crippen LogP contribution in [0.15, 0.2) is 59.0 Å². The third-order valence-corrected chi connectivity index (χ3v) is 6.60. The lowest BCUT2D eigenvalue weighted by molar-refractivity contribution is -0.929. The number of carbonyl (C=O) groups is 1. The summed E-state index contributed by atoms with van der Waals surface area (Å²) in [5, 5.41) is 2.99. The lowest BCUT2D eigenvalue weighted by Gasteiger charge is -2.40. The molecule has 9 heteroatoms. The van der Waals surface area contributed by atoms with Gasteiger partial charge in [-0.3, -0.25) is 4.79 Å². The van der Waals surface area contributed by atoms with E-state index < -0.39 is 23.4 Å². The van der Waals surface area contributed by atoms with Crippen LogP contribution in [0.1, 0.15) is 34.5 Å². The smallest absolute Gasteiger partial charge is 0.450 e. The molecule has 2 heterocycles. The first-order valence-corrected chi connectivity index (χ1v) is 11.7. The number of hydrogen-bond donors (Lipinski definition) is 1. The average Bonchev–Trinajstić information content (AvgIpc) is 3.28. The van der Waals surface area contributed by atoms with Gasteiger partial charge >= 0.3 is 6.18 Å². The van der Waals surface area contributed by atoms with E-state index in [2.05, 4.69) is 19.4 Å². The predicted molar refractivity (Wildman–Crippen MR) is 128 cm³/mol. The van der Waals surface area contributed by atoms with Crippen molar-refractivity contribution in [3.05, 3.63) is 76.5 Å². The second-order valence-electron chi connectivity index (χ2n) is 9.29. The molecule has 0 saturated carbocycles. The summed E-state index contributed by atoms with van der Waals surface area (Å²) in [4.78, 5) is 12.8. The zero-order chi connectivity index (χ0) is 25.2. The number of halogens is 4. The van der Waals surface area contributed by atoms with Gasteiger partial charge in [-0.1, -0.05) is 23.7 Å². The Labute approximate surface area is 207 Å². The molecule has 1 N–H and O–H groups in total. The van der Waals surface area contributed by atoms with Crippen molar-refractivity contribution >= 4 is 23.2 Å². The normalized spacial score (nSPS) is 15.3. The Morgan fingerprint density at radius 3 is 2.29 bits per heavy atom. The number of alkyl halides is 3. The maximum Gasteiger partial charge on any atom is 0.450 e. The van der Waals surface area contributed by atoms with Gasteiger partial charge in [0, 0.05) is 34.7 Å². The summed E-state index contributed by atoms with van der Waals surface area (Å²) in [5.41, 5.74) is 1.28. The Bertz CT molecular complexity index is 1170. The van der Waals surface area contributed by atoms with Crippen molar-refractivity contribution in [2.24, 2.45) is 0 Å². The van der Waals surface area contributed by atoms with Crippen LogP contribution >= 0.6 is 11.6 Å². The van der Waals surface area contributed by atoms with E-state index in [1.807, 2.05) is 12.1 Å². The summed E-state index contributed by atoms with van der Waals surface area (Å²) in [5.74, 6) is -2.30. The largest absolute Gasteiger partial charge is 0.451 e. The minimum Gasteiger partial charge on any atom is -0.451 e. The predicted octanol–water partition coefficient (Wildman–Crippen LogP) is 6.63. The first-order valence-electron chi connectivity index (χ1n) is 11.3. The molecule has 1 aliphatic rings. The van der Waals surface area contributed by atoms with E-state index in [0.717, 1.165) is 48.7 Å². The summed E-state index contributed by atoms with van der Waals surface area (Å²) in [6.07, 6.45) is -2.81. The number of furan rings is 1. The van der Waals surface area contributed by atoms with Gasteiger partial charge in [-0.15, -0.1) is 0 Å². The highest BCUT2D eigenvalue weighted by Crippen LogP contribution is 2.37. The lowest BCUT2D eigenvalue weighted by atomic mass is 10.0. The first kappa shape index (κ1) is 25.3. The second-order valence-corrected chi connectivity index (χ2v) is 9.73. The fourth-order valence-electron chi connectivity index (χ4n) is 4.40. The Morgan fingerprint density at radius 2 is 1.69 bits per heavy atom. The fourth-order valence-corrected chi connectivity index (χ4v) is 4.53. The molecule has 1 saturated heterocycles. The maximum atomic E-state index is 13.6. The summed E-state index contributed by atoms with van der Waals surface area (Å²) >= 11 is 5.85. The van der Waals surface area contributed by atoms with Crippen molar-refractivity contribution in [1.82, 2.24) is 0 Å². The molecule has 0 atom stereocenters. The van der Waals surface area contributed by atoms with Crippen LogP contribution in [0.25, 0.3) is 11.3 Å². The molecule has 0 radical (unpaired) electrons. The van der Waals surface area contributed by atoms with E-state index >= 15 is 0 Å². The van der Waals surface area contributed by atoms with E-state index in [1.54, 1.807) is 12.1 Å². The van der Waals surface area contributed by atoms with Gasteiger partial charge in [0.05, 0.1) is 38.9 Å². The SMILES string of the molecule is C[N+](C)(Cc1ccc(NC(=O)c2cc(-c3ccc(Cl)cc3)oc2C(F)(F)F)cc1)C1CCOCC1. The van der Waals surface area contributed by atoms with Gasteiger partial charge in [0.1, 0.15) is 12.3 Å². The number of nitrogens with zero attached hydrogens (tertiary/aromatic N) is 1. The van der Waals surface area contributed by atoms with Crippen molar-refractivity contribution in [3.8, 4) is 11.3 Å². The fraction of sp³-hybridized carbons (Fsp3) is 0.346.